The Morgan fingerprint density at radius 3 is 3.36 bits per heavy atom. The van der Waals surface area contributed by atoms with E-state index >= 15 is 0 Å². The van der Waals surface area contributed by atoms with Gasteiger partial charge in [0.15, 0.2) is 5.58 Å². The Morgan fingerprint density at radius 1 is 1.64 bits per heavy atom. The van der Waals surface area contributed by atoms with Gasteiger partial charge in [0.2, 0.25) is 0 Å². The van der Waals surface area contributed by atoms with Crippen LogP contribution >= 0.6 is 15.9 Å². The summed E-state index contributed by atoms with van der Waals surface area (Å²) >= 11 is 3.26. The molecule has 1 heterocycles. The fraction of sp³-hybridized carbons (Fsp3) is 0.125. The molecule has 0 aliphatic rings. The molecule has 0 radical (unpaired) electrons. The Bertz CT molecular complexity index is 477. The number of halogens is 1. The van der Waals surface area contributed by atoms with E-state index in [9.17, 15) is 0 Å². The maximum absolute atomic E-state index is 7.24. The second-order valence-electron chi connectivity index (χ2n) is 2.17. The molecular formula is C8H6BrNO. The van der Waals surface area contributed by atoms with Crippen molar-refractivity contribution >= 4 is 26.9 Å². The summed E-state index contributed by atoms with van der Waals surface area (Å²) in [5.74, 6) is 0. The zero-order chi connectivity index (χ0) is 10.3. The standard InChI is InChI=1S/C8H6BrNO/c1-5-7-4-6(9)2-3-8(7)11-10-5/h2-4H,1H3/i1D3. The molecule has 3 heteroatoms. The molecule has 1 aromatic carbocycles. The number of benzene rings is 1. The molecule has 0 atom stereocenters. The van der Waals surface area contributed by atoms with Crippen LogP contribution in [0.4, 0.5) is 0 Å². The number of hydrogen-bond donors (Lipinski definition) is 0. The molecule has 11 heavy (non-hydrogen) atoms. The van der Waals surface area contributed by atoms with Gasteiger partial charge in [-0.1, -0.05) is 21.1 Å². The zero-order valence-electron chi connectivity index (χ0n) is 8.47. The fourth-order valence-electron chi connectivity index (χ4n) is 0.911. The minimum absolute atomic E-state index is 0.00815. The van der Waals surface area contributed by atoms with E-state index in [-0.39, 0.29) is 5.69 Å². The highest BCUT2D eigenvalue weighted by Crippen LogP contribution is 2.21. The van der Waals surface area contributed by atoms with E-state index in [1.807, 2.05) is 0 Å². The van der Waals surface area contributed by atoms with Crippen LogP contribution in [0.3, 0.4) is 0 Å². The van der Waals surface area contributed by atoms with Crippen LogP contribution < -0.4 is 0 Å². The van der Waals surface area contributed by atoms with Gasteiger partial charge in [0.25, 0.3) is 0 Å². The molecule has 2 rings (SSSR count). The van der Waals surface area contributed by atoms with Crippen LogP contribution in [0.25, 0.3) is 11.0 Å². The van der Waals surface area contributed by atoms with Crippen molar-refractivity contribution < 1.29 is 8.64 Å². The Balaban J connectivity index is 2.73. The highest BCUT2D eigenvalue weighted by atomic mass is 79.9. The minimum Gasteiger partial charge on any atom is -0.356 e. The third-order valence-electron chi connectivity index (χ3n) is 1.43. The molecule has 0 saturated heterocycles. The molecule has 0 unspecified atom stereocenters. The van der Waals surface area contributed by atoms with E-state index in [2.05, 4.69) is 21.1 Å². The second kappa shape index (κ2) is 2.34. The molecular weight excluding hydrogens is 206 g/mol. The van der Waals surface area contributed by atoms with Crippen LogP contribution in [0.15, 0.2) is 27.2 Å². The lowest BCUT2D eigenvalue weighted by Gasteiger charge is -1.87. The summed E-state index contributed by atoms with van der Waals surface area (Å²) in [6.07, 6.45) is 0. The first kappa shape index (κ1) is 4.26. The van der Waals surface area contributed by atoms with Crippen molar-refractivity contribution in [3.8, 4) is 0 Å². The highest BCUT2D eigenvalue weighted by Gasteiger charge is 2.02. The van der Waals surface area contributed by atoms with Crippen LogP contribution in [0, 0.1) is 6.85 Å². The molecule has 0 aliphatic carbocycles. The van der Waals surface area contributed by atoms with Gasteiger partial charge >= 0.3 is 0 Å². The molecule has 1 aromatic heterocycles. The van der Waals surface area contributed by atoms with Crippen molar-refractivity contribution in [2.75, 3.05) is 0 Å². The maximum atomic E-state index is 7.24. The summed E-state index contributed by atoms with van der Waals surface area (Å²) in [7, 11) is 0. The second-order valence-corrected chi connectivity index (χ2v) is 3.09. The normalized spacial score (nSPS) is 15.9. The molecule has 0 N–H and O–H groups in total. The molecule has 2 nitrogen and oxygen atoms in total. The van der Waals surface area contributed by atoms with Gasteiger partial charge in [-0.05, 0) is 25.1 Å². The third kappa shape index (κ3) is 1.05. The van der Waals surface area contributed by atoms with Crippen molar-refractivity contribution in [1.82, 2.24) is 5.16 Å². The third-order valence-corrected chi connectivity index (χ3v) is 1.93. The highest BCUT2D eigenvalue weighted by molar-refractivity contribution is 9.10. The van der Waals surface area contributed by atoms with Crippen molar-refractivity contribution in [1.29, 1.82) is 0 Å². The fourth-order valence-corrected chi connectivity index (χ4v) is 1.27. The van der Waals surface area contributed by atoms with E-state index in [1.165, 1.54) is 0 Å². The quantitative estimate of drug-likeness (QED) is 0.675. The number of fused-ring (bicyclic) bond motifs is 1. The summed E-state index contributed by atoms with van der Waals surface area (Å²) in [5.41, 5.74) is 0.494. The summed E-state index contributed by atoms with van der Waals surface area (Å²) in [6.45, 7) is -2.23. The monoisotopic (exact) mass is 214 g/mol. The number of rotatable bonds is 0. The smallest absolute Gasteiger partial charge is 0.167 e. The molecule has 0 bridgehead atoms. The average Bonchev–Trinajstić information content (AvgIpc) is 2.45. The Kier molecular flexibility index (Phi) is 0.906. The number of hydrogen-bond acceptors (Lipinski definition) is 2. The van der Waals surface area contributed by atoms with Crippen LogP contribution in [-0.4, -0.2) is 5.16 Å². The van der Waals surface area contributed by atoms with Crippen LogP contribution in [0.2, 0.25) is 0 Å². The number of nitrogens with zero attached hydrogens (tertiary/aromatic N) is 1. The van der Waals surface area contributed by atoms with Gasteiger partial charge in [-0.15, -0.1) is 0 Å². The Hall–Kier alpha value is -0.830. The lowest BCUT2D eigenvalue weighted by molar-refractivity contribution is 0.450. The topological polar surface area (TPSA) is 26.0 Å². The molecule has 0 amide bonds. The Morgan fingerprint density at radius 2 is 2.55 bits per heavy atom. The number of aromatic nitrogens is 1. The van der Waals surface area contributed by atoms with Gasteiger partial charge in [-0.3, -0.25) is 0 Å². The van der Waals surface area contributed by atoms with Crippen LogP contribution in [-0.2, 0) is 0 Å². The molecule has 0 saturated carbocycles. The summed E-state index contributed by atoms with van der Waals surface area (Å²) in [4.78, 5) is 0. The first-order chi connectivity index (χ1) is 6.48. The van der Waals surface area contributed by atoms with Gasteiger partial charge in [-0.25, -0.2) is 0 Å². The summed E-state index contributed by atoms with van der Waals surface area (Å²) < 4.78 is 27.4. The lowest BCUT2D eigenvalue weighted by Crippen LogP contribution is -1.69. The predicted molar refractivity (Wildman–Crippen MR) is 46.4 cm³/mol. The van der Waals surface area contributed by atoms with E-state index in [1.54, 1.807) is 18.2 Å². The maximum Gasteiger partial charge on any atom is 0.167 e. The van der Waals surface area contributed by atoms with E-state index in [4.69, 9.17) is 8.64 Å². The van der Waals surface area contributed by atoms with Crippen molar-refractivity contribution in [3.63, 3.8) is 0 Å². The summed E-state index contributed by atoms with van der Waals surface area (Å²) in [5, 5.41) is 4.08. The van der Waals surface area contributed by atoms with Gasteiger partial charge in [-0.2, -0.15) is 0 Å². The molecule has 2 aromatic rings. The zero-order valence-corrected chi connectivity index (χ0v) is 7.05. The van der Waals surface area contributed by atoms with Crippen LogP contribution in [0.1, 0.15) is 9.81 Å². The van der Waals surface area contributed by atoms with Crippen molar-refractivity contribution in [3.05, 3.63) is 28.4 Å². The van der Waals surface area contributed by atoms with Gasteiger partial charge in [0.1, 0.15) is 0 Å². The molecule has 0 aliphatic heterocycles. The Labute approximate surface area is 76.5 Å². The van der Waals surface area contributed by atoms with E-state index < -0.39 is 6.85 Å². The number of aryl methyl sites for hydroxylation is 1. The minimum atomic E-state index is -2.23. The van der Waals surface area contributed by atoms with Crippen LogP contribution in [0.5, 0.6) is 0 Å². The average molecular weight is 215 g/mol. The largest absolute Gasteiger partial charge is 0.356 e. The lowest BCUT2D eigenvalue weighted by atomic mass is 10.2. The van der Waals surface area contributed by atoms with E-state index in [0.717, 1.165) is 4.47 Å². The van der Waals surface area contributed by atoms with Gasteiger partial charge < -0.3 is 4.52 Å². The molecule has 0 spiro atoms. The van der Waals surface area contributed by atoms with Crippen molar-refractivity contribution in [2.45, 2.75) is 6.85 Å². The van der Waals surface area contributed by atoms with E-state index in [0.29, 0.717) is 11.0 Å². The van der Waals surface area contributed by atoms with Gasteiger partial charge in [0.05, 0.1) is 5.69 Å². The SMILES string of the molecule is [2H]C([2H])([2H])c1noc2ccc(Br)cc12. The first-order valence-corrected chi connectivity index (χ1v) is 3.83. The van der Waals surface area contributed by atoms with Gasteiger partial charge in [0, 0.05) is 14.0 Å². The molecule has 0 fully saturated rings. The predicted octanol–water partition coefficient (Wildman–Crippen LogP) is 2.90. The van der Waals surface area contributed by atoms with Crippen molar-refractivity contribution in [2.24, 2.45) is 0 Å². The first-order valence-electron chi connectivity index (χ1n) is 4.54. The molecule has 56 valence electrons. The summed E-state index contributed by atoms with van der Waals surface area (Å²) in [6, 6.07) is 5.14.